The van der Waals surface area contributed by atoms with Crippen LogP contribution in [-0.2, 0) is 23.9 Å². The molecule has 0 bridgehead atoms. The Hall–Kier alpha value is -2.07. The van der Waals surface area contributed by atoms with E-state index in [1.54, 1.807) is 0 Å². The molecule has 122 valence electrons. The summed E-state index contributed by atoms with van der Waals surface area (Å²) in [7, 11) is 2.10. The Labute approximate surface area is 125 Å². The quantitative estimate of drug-likeness (QED) is 0.268. The normalized spacial score (nSPS) is 33.5. The molecule has 0 aliphatic carbocycles. The van der Waals surface area contributed by atoms with Gasteiger partial charge in [0.1, 0.15) is 11.7 Å². The van der Waals surface area contributed by atoms with Gasteiger partial charge in [-0.25, -0.2) is 9.59 Å². The second-order valence-electron chi connectivity index (χ2n) is 5.46. The molecule has 0 radical (unpaired) electrons. The van der Waals surface area contributed by atoms with Crippen LogP contribution in [0.25, 0.3) is 0 Å². The van der Waals surface area contributed by atoms with Gasteiger partial charge in [0.25, 0.3) is 5.91 Å². The summed E-state index contributed by atoms with van der Waals surface area (Å²) >= 11 is 0. The van der Waals surface area contributed by atoms with Gasteiger partial charge in [-0.15, -0.1) is 0 Å². The van der Waals surface area contributed by atoms with Crippen LogP contribution >= 0.6 is 0 Å². The number of ether oxygens (including phenoxy) is 2. The summed E-state index contributed by atoms with van der Waals surface area (Å²) < 4.78 is 9.21. The summed E-state index contributed by atoms with van der Waals surface area (Å²) in [4.78, 5) is 48.2. The van der Waals surface area contributed by atoms with E-state index in [1.807, 2.05) is 0 Å². The number of nitrogens with zero attached hydrogens (tertiary/aromatic N) is 2. The molecule has 22 heavy (non-hydrogen) atoms. The Morgan fingerprint density at radius 3 is 2.23 bits per heavy atom. The molecule has 0 aromatic rings. The minimum Gasteiger partial charge on any atom is -0.467 e. The first kappa shape index (κ1) is 16.3. The van der Waals surface area contributed by atoms with Gasteiger partial charge in [0.2, 0.25) is 11.1 Å². The number of nitrogens with two attached hydrogens (primary N) is 1. The summed E-state index contributed by atoms with van der Waals surface area (Å²) in [5, 5.41) is 13.2. The van der Waals surface area contributed by atoms with Gasteiger partial charge >= 0.3 is 11.9 Å². The molecule has 0 saturated carbocycles. The van der Waals surface area contributed by atoms with Crippen molar-refractivity contribution in [2.45, 2.75) is 42.6 Å². The molecule has 0 spiro atoms. The highest BCUT2D eigenvalue weighted by Crippen LogP contribution is 2.55. The molecule has 1 unspecified atom stereocenters. The third-order valence-corrected chi connectivity index (χ3v) is 4.65. The molecule has 10 heteroatoms. The van der Waals surface area contributed by atoms with Crippen molar-refractivity contribution < 1.29 is 29.0 Å². The Bertz CT molecular complexity index is 549. The molecule has 2 saturated heterocycles. The number of hydrogen-bond acceptors (Lipinski definition) is 9. The zero-order valence-corrected chi connectivity index (χ0v) is 12.4. The lowest BCUT2D eigenvalue weighted by Gasteiger charge is -2.60. The largest absolute Gasteiger partial charge is 0.467 e. The lowest BCUT2D eigenvalue weighted by atomic mass is 9.71. The van der Waals surface area contributed by atoms with Gasteiger partial charge in [0, 0.05) is 0 Å². The first-order chi connectivity index (χ1) is 10.2. The summed E-state index contributed by atoms with van der Waals surface area (Å²) in [6, 6.07) is -1.34. The number of β-lactam (4-membered cyclic amide) rings is 1. The summed E-state index contributed by atoms with van der Waals surface area (Å²) in [6.45, 7) is 1.23. The molecular formula is C12H17N3O7. The van der Waals surface area contributed by atoms with Gasteiger partial charge in [-0.2, -0.15) is 4.91 Å². The minimum absolute atomic E-state index is 0.0979. The molecule has 2 rings (SSSR count). The molecule has 0 aromatic carbocycles. The van der Waals surface area contributed by atoms with Crippen molar-refractivity contribution in [1.82, 2.24) is 4.90 Å². The van der Waals surface area contributed by atoms with Crippen molar-refractivity contribution in [2.24, 2.45) is 10.9 Å². The second-order valence-corrected chi connectivity index (χ2v) is 5.46. The standard InChI is InChI=1S/C12H17N3O7/c1-6(14-20)12(19)7(16)15-10(8(17)21-2,9(18)22-3)4-5-11(12,15)13/h6,19H,4-5,13H2,1-3H3/t6?,11-,12+/m1/s1. The van der Waals surface area contributed by atoms with E-state index in [9.17, 15) is 24.4 Å². The zero-order chi connectivity index (χ0) is 16.9. The molecule has 3 N–H and O–H groups in total. The molecule has 2 aliphatic heterocycles. The molecule has 3 atom stereocenters. The number of aliphatic hydroxyl groups is 1. The van der Waals surface area contributed by atoms with Crippen LogP contribution < -0.4 is 5.73 Å². The molecule has 10 nitrogen and oxygen atoms in total. The number of amides is 1. The molecule has 1 amide bonds. The minimum atomic E-state index is -2.28. The van der Waals surface area contributed by atoms with Crippen LogP contribution in [0.4, 0.5) is 0 Å². The summed E-state index contributed by atoms with van der Waals surface area (Å²) in [6.07, 6.45) is -0.290. The number of esters is 2. The van der Waals surface area contributed by atoms with Crippen molar-refractivity contribution in [1.29, 1.82) is 0 Å². The average molecular weight is 315 g/mol. The number of nitroso groups, excluding NO2 is 1. The van der Waals surface area contributed by atoms with E-state index in [4.69, 9.17) is 5.73 Å². The Morgan fingerprint density at radius 1 is 1.32 bits per heavy atom. The van der Waals surface area contributed by atoms with Crippen molar-refractivity contribution in [3.63, 3.8) is 0 Å². The topological polar surface area (TPSA) is 149 Å². The smallest absolute Gasteiger partial charge is 0.343 e. The van der Waals surface area contributed by atoms with Crippen molar-refractivity contribution >= 4 is 17.8 Å². The zero-order valence-electron chi connectivity index (χ0n) is 12.4. The number of carbonyl (C=O) groups is 3. The van der Waals surface area contributed by atoms with Crippen LogP contribution in [0.3, 0.4) is 0 Å². The van der Waals surface area contributed by atoms with Crippen molar-refractivity contribution in [3.05, 3.63) is 4.91 Å². The Kier molecular flexibility index (Phi) is 3.49. The number of hydrogen-bond donors (Lipinski definition) is 2. The maximum Gasteiger partial charge on any atom is 0.343 e. The highest BCUT2D eigenvalue weighted by atomic mass is 16.5. The van der Waals surface area contributed by atoms with E-state index in [2.05, 4.69) is 14.7 Å². The van der Waals surface area contributed by atoms with Crippen LogP contribution in [-0.4, -0.2) is 64.9 Å². The molecule has 2 aliphatic rings. The molecule has 2 heterocycles. The number of methoxy groups -OCH3 is 2. The van der Waals surface area contributed by atoms with Gasteiger partial charge < -0.3 is 20.3 Å². The summed E-state index contributed by atoms with van der Waals surface area (Å²) in [5.74, 6) is -3.07. The van der Waals surface area contributed by atoms with E-state index in [0.717, 1.165) is 19.1 Å². The predicted octanol–water partition coefficient (Wildman–Crippen LogP) is -1.75. The Balaban J connectivity index is 2.56. The van der Waals surface area contributed by atoms with Crippen LogP contribution in [0.5, 0.6) is 0 Å². The van der Waals surface area contributed by atoms with Gasteiger partial charge in [0.05, 0.1) is 14.2 Å². The first-order valence-corrected chi connectivity index (χ1v) is 6.53. The van der Waals surface area contributed by atoms with Crippen LogP contribution in [0.2, 0.25) is 0 Å². The highest BCUT2D eigenvalue weighted by Gasteiger charge is 2.83. The van der Waals surface area contributed by atoms with E-state index in [0.29, 0.717) is 0 Å². The lowest BCUT2D eigenvalue weighted by Crippen LogP contribution is -2.90. The molecule has 0 aromatic heterocycles. The van der Waals surface area contributed by atoms with E-state index in [-0.39, 0.29) is 12.8 Å². The molecule has 2 fully saturated rings. The van der Waals surface area contributed by atoms with Crippen molar-refractivity contribution in [3.8, 4) is 0 Å². The van der Waals surface area contributed by atoms with Crippen LogP contribution in [0.1, 0.15) is 19.8 Å². The van der Waals surface area contributed by atoms with Crippen LogP contribution in [0.15, 0.2) is 5.18 Å². The predicted molar refractivity (Wildman–Crippen MR) is 70.0 cm³/mol. The second kappa shape index (κ2) is 4.71. The number of fused-ring (bicyclic) bond motifs is 1. The fraction of sp³-hybridized carbons (Fsp3) is 0.750. The van der Waals surface area contributed by atoms with Crippen molar-refractivity contribution in [2.75, 3.05) is 14.2 Å². The highest BCUT2D eigenvalue weighted by molar-refractivity contribution is 6.12. The third-order valence-electron chi connectivity index (χ3n) is 4.65. The van der Waals surface area contributed by atoms with Crippen LogP contribution in [0, 0.1) is 4.91 Å². The maximum atomic E-state index is 12.4. The monoisotopic (exact) mass is 315 g/mol. The van der Waals surface area contributed by atoms with Gasteiger partial charge in [-0.05, 0) is 19.8 Å². The number of rotatable bonds is 4. The average Bonchev–Trinajstić information content (AvgIpc) is 2.84. The molecular weight excluding hydrogens is 298 g/mol. The fourth-order valence-electron chi connectivity index (χ4n) is 3.38. The van der Waals surface area contributed by atoms with E-state index >= 15 is 0 Å². The summed E-state index contributed by atoms with van der Waals surface area (Å²) in [5.41, 5.74) is -0.0678. The number of carbonyl (C=O) groups excluding carboxylic acids is 3. The third kappa shape index (κ3) is 1.43. The maximum absolute atomic E-state index is 12.4. The Morgan fingerprint density at radius 2 is 1.82 bits per heavy atom. The van der Waals surface area contributed by atoms with Gasteiger partial charge in [-0.3, -0.25) is 9.69 Å². The van der Waals surface area contributed by atoms with E-state index in [1.165, 1.54) is 6.92 Å². The van der Waals surface area contributed by atoms with Gasteiger partial charge in [-0.1, -0.05) is 5.18 Å². The SMILES string of the molecule is COC(=O)C1(C(=O)OC)CC[C@@]2(N)N1C(=O)[C@@]2(O)C(C)N=O. The van der Waals surface area contributed by atoms with E-state index < -0.39 is 40.7 Å². The lowest BCUT2D eigenvalue weighted by molar-refractivity contribution is -0.232. The fourth-order valence-corrected chi connectivity index (χ4v) is 3.38. The van der Waals surface area contributed by atoms with Gasteiger partial charge in [0.15, 0.2) is 0 Å². The first-order valence-electron chi connectivity index (χ1n) is 6.53.